The van der Waals surface area contributed by atoms with Crippen LogP contribution in [0.1, 0.15) is 26.3 Å². The van der Waals surface area contributed by atoms with E-state index in [4.69, 9.17) is 0 Å². The van der Waals surface area contributed by atoms with Gasteiger partial charge in [-0.05, 0) is 23.8 Å². The molecular weight excluding hydrogens is 352 g/mol. The first kappa shape index (κ1) is 14.4. The number of nitro groups is 1. The largest absolute Gasteiger partial charge is 0.270 e. The maximum atomic E-state index is 12.3. The van der Waals surface area contributed by atoms with Gasteiger partial charge in [0.05, 0.1) is 22.6 Å². The molecule has 1 aliphatic rings. The highest BCUT2D eigenvalue weighted by Crippen LogP contribution is 2.28. The third-order valence-corrected chi connectivity index (χ3v) is 4.19. The highest BCUT2D eigenvalue weighted by atomic mass is 79.9. The number of fused-ring (bicyclic) bond motifs is 1. The molecule has 1 heterocycles. The molecule has 2 amide bonds. The first-order valence-electron chi connectivity index (χ1n) is 6.37. The molecule has 0 radical (unpaired) electrons. The zero-order valence-corrected chi connectivity index (χ0v) is 12.7. The van der Waals surface area contributed by atoms with Crippen molar-refractivity contribution < 1.29 is 14.5 Å². The van der Waals surface area contributed by atoms with Gasteiger partial charge in [0.1, 0.15) is 0 Å². The second-order valence-electron chi connectivity index (χ2n) is 4.77. The molecule has 110 valence electrons. The monoisotopic (exact) mass is 360 g/mol. The van der Waals surface area contributed by atoms with E-state index < -0.39 is 4.92 Å². The first-order valence-corrected chi connectivity index (χ1v) is 7.16. The van der Waals surface area contributed by atoms with Crippen molar-refractivity contribution in [3.63, 3.8) is 0 Å². The number of halogens is 1. The normalized spacial score (nSPS) is 13.4. The van der Waals surface area contributed by atoms with E-state index in [1.54, 1.807) is 24.3 Å². The summed E-state index contributed by atoms with van der Waals surface area (Å²) in [5, 5.41) is 10.7. The molecule has 0 saturated heterocycles. The fraction of sp³-hybridized carbons (Fsp3) is 0.0667. The fourth-order valence-corrected chi connectivity index (χ4v) is 2.82. The Bertz CT molecular complexity index is 784. The number of hydrogen-bond donors (Lipinski definition) is 0. The maximum absolute atomic E-state index is 12.3. The Hall–Kier alpha value is -2.54. The zero-order chi connectivity index (χ0) is 15.9. The Balaban J connectivity index is 1.91. The van der Waals surface area contributed by atoms with Gasteiger partial charge in [0.15, 0.2) is 0 Å². The van der Waals surface area contributed by atoms with Gasteiger partial charge >= 0.3 is 0 Å². The van der Waals surface area contributed by atoms with Crippen molar-refractivity contribution in [3.8, 4) is 0 Å². The van der Waals surface area contributed by atoms with Crippen LogP contribution in [-0.2, 0) is 6.54 Å². The predicted octanol–water partition coefficient (Wildman–Crippen LogP) is 3.15. The van der Waals surface area contributed by atoms with Crippen LogP contribution in [0.4, 0.5) is 5.69 Å². The molecular formula is C15H9BrN2O4. The molecule has 3 rings (SSSR count). The van der Waals surface area contributed by atoms with E-state index in [0.29, 0.717) is 21.2 Å². The van der Waals surface area contributed by atoms with Crippen LogP contribution in [0.3, 0.4) is 0 Å². The number of amides is 2. The maximum Gasteiger partial charge on any atom is 0.270 e. The van der Waals surface area contributed by atoms with E-state index in [-0.39, 0.29) is 24.0 Å². The van der Waals surface area contributed by atoms with Crippen molar-refractivity contribution in [2.75, 3.05) is 0 Å². The molecule has 2 aromatic rings. The summed E-state index contributed by atoms with van der Waals surface area (Å²) in [6.07, 6.45) is 0. The highest BCUT2D eigenvalue weighted by molar-refractivity contribution is 9.10. The molecule has 0 atom stereocenters. The van der Waals surface area contributed by atoms with Crippen molar-refractivity contribution in [2.24, 2.45) is 0 Å². The van der Waals surface area contributed by atoms with E-state index in [9.17, 15) is 19.7 Å². The molecule has 7 heteroatoms. The third-order valence-electron chi connectivity index (χ3n) is 3.45. The number of nitro benzene ring substituents is 1. The quantitative estimate of drug-likeness (QED) is 0.478. The molecule has 0 aliphatic carbocycles. The number of rotatable bonds is 3. The number of hydrogen-bond acceptors (Lipinski definition) is 4. The SMILES string of the molecule is O=C1c2ccccc2C(=O)N1Cc1ccc([N+](=O)[O-])cc1Br. The summed E-state index contributed by atoms with van der Waals surface area (Å²) in [6.45, 7) is 0.0604. The molecule has 22 heavy (non-hydrogen) atoms. The zero-order valence-electron chi connectivity index (χ0n) is 11.2. The number of benzene rings is 2. The third kappa shape index (κ3) is 2.29. The average Bonchev–Trinajstić information content (AvgIpc) is 2.74. The first-order chi connectivity index (χ1) is 10.5. The number of carbonyl (C=O) groups is 2. The molecule has 6 nitrogen and oxygen atoms in total. The van der Waals surface area contributed by atoms with Gasteiger partial charge < -0.3 is 0 Å². The van der Waals surface area contributed by atoms with Crippen LogP contribution in [0, 0.1) is 10.1 Å². The van der Waals surface area contributed by atoms with Gasteiger partial charge in [0, 0.05) is 16.6 Å². The van der Waals surface area contributed by atoms with E-state index in [1.807, 2.05) is 0 Å². The molecule has 0 fully saturated rings. The average molecular weight is 361 g/mol. The van der Waals surface area contributed by atoms with Crippen LogP contribution >= 0.6 is 15.9 Å². The smallest absolute Gasteiger partial charge is 0.270 e. The molecule has 0 spiro atoms. The molecule has 2 aromatic carbocycles. The van der Waals surface area contributed by atoms with Gasteiger partial charge in [-0.1, -0.05) is 28.1 Å². The summed E-state index contributed by atoms with van der Waals surface area (Å²) in [5.41, 5.74) is 1.33. The Labute approximate surface area is 133 Å². The summed E-state index contributed by atoms with van der Waals surface area (Å²) in [5.74, 6) is -0.711. The van der Waals surface area contributed by atoms with Gasteiger partial charge in [-0.15, -0.1) is 0 Å². The molecule has 0 aromatic heterocycles. The summed E-state index contributed by atoms with van der Waals surface area (Å²) < 4.78 is 0.484. The molecule has 0 bridgehead atoms. The van der Waals surface area contributed by atoms with Crippen molar-refractivity contribution in [1.82, 2.24) is 4.90 Å². The van der Waals surface area contributed by atoms with Crippen molar-refractivity contribution in [1.29, 1.82) is 0 Å². The number of nitrogens with zero attached hydrogens (tertiary/aromatic N) is 2. The van der Waals surface area contributed by atoms with Gasteiger partial charge in [0.2, 0.25) is 0 Å². The van der Waals surface area contributed by atoms with Gasteiger partial charge in [-0.3, -0.25) is 24.6 Å². The number of imide groups is 1. The molecule has 0 saturated carbocycles. The molecule has 0 N–H and O–H groups in total. The lowest BCUT2D eigenvalue weighted by molar-refractivity contribution is -0.384. The Morgan fingerprint density at radius 2 is 1.64 bits per heavy atom. The van der Waals surface area contributed by atoms with Gasteiger partial charge in [-0.2, -0.15) is 0 Å². The lowest BCUT2D eigenvalue weighted by atomic mass is 10.1. The lowest BCUT2D eigenvalue weighted by Crippen LogP contribution is -2.29. The van der Waals surface area contributed by atoms with Crippen molar-refractivity contribution >= 4 is 33.4 Å². The van der Waals surface area contributed by atoms with Crippen molar-refractivity contribution in [3.05, 3.63) is 73.7 Å². The van der Waals surface area contributed by atoms with Crippen LogP contribution in [0.15, 0.2) is 46.9 Å². The van der Waals surface area contributed by atoms with Crippen LogP contribution in [0.2, 0.25) is 0 Å². The van der Waals surface area contributed by atoms with E-state index in [1.165, 1.54) is 18.2 Å². The summed E-state index contributed by atoms with van der Waals surface area (Å²) >= 11 is 3.24. The summed E-state index contributed by atoms with van der Waals surface area (Å²) in [7, 11) is 0. The molecule has 1 aliphatic heterocycles. The van der Waals surface area contributed by atoms with E-state index >= 15 is 0 Å². The second-order valence-corrected chi connectivity index (χ2v) is 5.63. The van der Waals surface area contributed by atoms with Crippen molar-refractivity contribution in [2.45, 2.75) is 6.54 Å². The second kappa shape index (κ2) is 5.34. The minimum Gasteiger partial charge on any atom is -0.270 e. The van der Waals surface area contributed by atoms with E-state index in [2.05, 4.69) is 15.9 Å². The van der Waals surface area contributed by atoms with Crippen LogP contribution < -0.4 is 0 Å². The fourth-order valence-electron chi connectivity index (χ4n) is 2.33. The summed E-state index contributed by atoms with van der Waals surface area (Å²) in [6, 6.07) is 10.9. The van der Waals surface area contributed by atoms with E-state index in [0.717, 1.165) is 4.90 Å². The summed E-state index contributed by atoms with van der Waals surface area (Å²) in [4.78, 5) is 35.9. The lowest BCUT2D eigenvalue weighted by Gasteiger charge is -2.14. The number of non-ortho nitro benzene ring substituents is 1. The van der Waals surface area contributed by atoms with Gasteiger partial charge in [0.25, 0.3) is 17.5 Å². The topological polar surface area (TPSA) is 80.5 Å². The van der Waals surface area contributed by atoms with Gasteiger partial charge in [-0.25, -0.2) is 0 Å². The standard InChI is InChI=1S/C15H9BrN2O4/c16-13-7-10(18(21)22)6-5-9(13)8-17-14(19)11-3-1-2-4-12(11)15(17)20/h1-7H,8H2. The van der Waals surface area contributed by atoms with Crippen LogP contribution in [0.25, 0.3) is 0 Å². The highest BCUT2D eigenvalue weighted by Gasteiger charge is 2.35. The number of carbonyl (C=O) groups excluding carboxylic acids is 2. The predicted molar refractivity (Wildman–Crippen MR) is 81.4 cm³/mol. The minimum absolute atomic E-state index is 0.0574. The van der Waals surface area contributed by atoms with Crippen LogP contribution in [-0.4, -0.2) is 21.6 Å². The Morgan fingerprint density at radius 1 is 1.05 bits per heavy atom. The Morgan fingerprint density at radius 3 is 2.14 bits per heavy atom. The minimum atomic E-state index is -0.503. The Kier molecular flexibility index (Phi) is 3.50. The molecule has 0 unspecified atom stereocenters. The van der Waals surface area contributed by atoms with Crippen LogP contribution in [0.5, 0.6) is 0 Å².